The molecule has 0 amide bonds. The molecule has 3 heterocycles. The quantitative estimate of drug-likeness (QED) is 0.639. The third-order valence-corrected chi connectivity index (χ3v) is 6.02. The number of H-pyrrole nitrogens is 1. The lowest BCUT2D eigenvalue weighted by molar-refractivity contribution is 0.353. The standard InChI is InChI=1S/C21H28N6O3/c1-13-17-15(12-16(29-2)18(13)30-3)24-21(25-19(17)28)27-9-5-14(6-10-27)4-8-26-11-7-23-20(26)22/h7,11-12,14H,4-6,8-10H2,1-3H3,(H2,22,23)(H,24,25,28). The second kappa shape index (κ2) is 8.25. The van der Waals surface area contributed by atoms with Gasteiger partial charge < -0.3 is 29.7 Å². The van der Waals surface area contributed by atoms with E-state index in [1.54, 1.807) is 26.5 Å². The first-order valence-corrected chi connectivity index (χ1v) is 10.2. The normalized spacial score (nSPS) is 15.0. The topological polar surface area (TPSA) is 111 Å². The first kappa shape index (κ1) is 20.1. The lowest BCUT2D eigenvalue weighted by Gasteiger charge is -2.32. The van der Waals surface area contributed by atoms with Gasteiger partial charge in [-0.2, -0.15) is 4.98 Å². The molecule has 1 fully saturated rings. The molecule has 3 N–H and O–H groups in total. The Morgan fingerprint density at radius 3 is 2.67 bits per heavy atom. The van der Waals surface area contributed by atoms with Crippen LogP contribution in [0, 0.1) is 12.8 Å². The molecule has 3 aromatic rings. The van der Waals surface area contributed by atoms with Gasteiger partial charge >= 0.3 is 0 Å². The highest BCUT2D eigenvalue weighted by atomic mass is 16.5. The molecule has 0 bridgehead atoms. The van der Waals surface area contributed by atoms with Crippen LogP contribution in [0.4, 0.5) is 11.9 Å². The van der Waals surface area contributed by atoms with Crippen molar-refractivity contribution < 1.29 is 9.47 Å². The molecular weight excluding hydrogens is 384 g/mol. The molecule has 1 aliphatic rings. The second-order valence-corrected chi connectivity index (χ2v) is 7.72. The number of aromatic nitrogens is 4. The van der Waals surface area contributed by atoms with Crippen LogP contribution in [0.15, 0.2) is 23.3 Å². The molecule has 30 heavy (non-hydrogen) atoms. The number of hydrogen-bond acceptors (Lipinski definition) is 7. The Hall–Kier alpha value is -3.23. The third kappa shape index (κ3) is 3.67. The summed E-state index contributed by atoms with van der Waals surface area (Å²) in [6.45, 7) is 4.43. The van der Waals surface area contributed by atoms with E-state index in [0.717, 1.165) is 44.5 Å². The summed E-state index contributed by atoms with van der Waals surface area (Å²) in [5, 5.41) is 0.532. The third-order valence-electron chi connectivity index (χ3n) is 6.02. The van der Waals surface area contributed by atoms with E-state index in [4.69, 9.17) is 15.2 Å². The fraction of sp³-hybridized carbons (Fsp3) is 0.476. The fourth-order valence-electron chi connectivity index (χ4n) is 4.28. The van der Waals surface area contributed by atoms with Gasteiger partial charge in [0.25, 0.3) is 5.56 Å². The second-order valence-electron chi connectivity index (χ2n) is 7.72. The van der Waals surface area contributed by atoms with E-state index in [1.165, 1.54) is 0 Å². The van der Waals surface area contributed by atoms with Crippen LogP contribution in [0.1, 0.15) is 24.8 Å². The van der Waals surface area contributed by atoms with Crippen molar-refractivity contribution in [2.45, 2.75) is 32.7 Å². The van der Waals surface area contributed by atoms with Gasteiger partial charge in [0, 0.05) is 43.7 Å². The van der Waals surface area contributed by atoms with Crippen LogP contribution < -0.4 is 25.7 Å². The highest BCUT2D eigenvalue weighted by molar-refractivity contribution is 5.86. The van der Waals surface area contributed by atoms with E-state index >= 15 is 0 Å². The van der Waals surface area contributed by atoms with Crippen LogP contribution in [-0.4, -0.2) is 46.8 Å². The van der Waals surface area contributed by atoms with Crippen molar-refractivity contribution in [3.05, 3.63) is 34.4 Å². The number of nitrogens with two attached hydrogens (primary N) is 1. The first-order chi connectivity index (χ1) is 14.5. The Kier molecular flexibility index (Phi) is 5.52. The molecule has 160 valence electrons. The Bertz CT molecular complexity index is 1100. The first-order valence-electron chi connectivity index (χ1n) is 10.2. The molecule has 0 radical (unpaired) electrons. The number of piperidine rings is 1. The van der Waals surface area contributed by atoms with Gasteiger partial charge in [-0.15, -0.1) is 0 Å². The monoisotopic (exact) mass is 412 g/mol. The van der Waals surface area contributed by atoms with Crippen molar-refractivity contribution in [3.63, 3.8) is 0 Å². The Morgan fingerprint density at radius 2 is 2.03 bits per heavy atom. The number of hydrogen-bond donors (Lipinski definition) is 2. The lowest BCUT2D eigenvalue weighted by Crippen LogP contribution is -2.36. The summed E-state index contributed by atoms with van der Waals surface area (Å²) >= 11 is 0. The molecule has 9 heteroatoms. The van der Waals surface area contributed by atoms with Crippen LogP contribution in [-0.2, 0) is 6.54 Å². The largest absolute Gasteiger partial charge is 0.493 e. The van der Waals surface area contributed by atoms with Gasteiger partial charge in [0.15, 0.2) is 17.4 Å². The van der Waals surface area contributed by atoms with E-state index in [9.17, 15) is 4.79 Å². The molecule has 0 spiro atoms. The Labute approximate surface area is 174 Å². The van der Waals surface area contributed by atoms with Crippen molar-refractivity contribution in [1.82, 2.24) is 19.5 Å². The number of methoxy groups -OCH3 is 2. The van der Waals surface area contributed by atoms with Crippen molar-refractivity contribution in [1.29, 1.82) is 0 Å². The zero-order valence-electron chi connectivity index (χ0n) is 17.6. The molecule has 0 saturated carbocycles. The molecule has 0 aliphatic carbocycles. The van der Waals surface area contributed by atoms with Crippen molar-refractivity contribution in [3.8, 4) is 11.5 Å². The Balaban J connectivity index is 1.50. The summed E-state index contributed by atoms with van der Waals surface area (Å²) in [6.07, 6.45) is 6.79. The van der Waals surface area contributed by atoms with Gasteiger partial charge in [0.1, 0.15) is 0 Å². The maximum absolute atomic E-state index is 12.8. The minimum Gasteiger partial charge on any atom is -0.493 e. The molecule has 1 saturated heterocycles. The van der Waals surface area contributed by atoms with Gasteiger partial charge in [-0.3, -0.25) is 4.79 Å². The number of aryl methyl sites for hydroxylation is 2. The molecule has 9 nitrogen and oxygen atoms in total. The summed E-state index contributed by atoms with van der Waals surface area (Å²) in [5.41, 5.74) is 7.03. The summed E-state index contributed by atoms with van der Waals surface area (Å²) < 4.78 is 12.8. The summed E-state index contributed by atoms with van der Waals surface area (Å²) in [6, 6.07) is 1.80. The average molecular weight is 412 g/mol. The number of nitrogens with zero attached hydrogens (tertiary/aromatic N) is 4. The number of imidazole rings is 1. The minimum absolute atomic E-state index is 0.255. The molecular formula is C21H28N6O3. The number of fused-ring (bicyclic) bond motifs is 1. The molecule has 0 unspecified atom stereocenters. The van der Waals surface area contributed by atoms with Gasteiger partial charge in [-0.25, -0.2) is 4.98 Å². The van der Waals surface area contributed by atoms with E-state index < -0.39 is 0 Å². The van der Waals surface area contributed by atoms with Crippen LogP contribution in [0.2, 0.25) is 0 Å². The molecule has 2 aromatic heterocycles. The molecule has 4 rings (SSSR count). The van der Waals surface area contributed by atoms with Crippen LogP contribution in [0.25, 0.3) is 10.9 Å². The maximum atomic E-state index is 12.8. The van der Waals surface area contributed by atoms with E-state index in [-0.39, 0.29) is 5.56 Å². The predicted octanol–water partition coefficient (Wildman–Crippen LogP) is 2.33. The predicted molar refractivity (Wildman–Crippen MR) is 116 cm³/mol. The number of aromatic amines is 1. The van der Waals surface area contributed by atoms with Gasteiger partial charge in [0.2, 0.25) is 5.95 Å². The molecule has 1 aliphatic heterocycles. The fourth-order valence-corrected chi connectivity index (χ4v) is 4.28. The van der Waals surface area contributed by atoms with Crippen LogP contribution in [0.3, 0.4) is 0 Å². The molecule has 0 atom stereocenters. The zero-order valence-corrected chi connectivity index (χ0v) is 17.6. The van der Waals surface area contributed by atoms with Gasteiger partial charge in [-0.05, 0) is 32.1 Å². The van der Waals surface area contributed by atoms with Crippen LogP contribution >= 0.6 is 0 Å². The maximum Gasteiger partial charge on any atom is 0.282 e. The summed E-state index contributed by atoms with van der Waals surface area (Å²) in [4.78, 5) is 26.7. The lowest BCUT2D eigenvalue weighted by atomic mass is 9.93. The van der Waals surface area contributed by atoms with Crippen molar-refractivity contribution in [2.75, 3.05) is 37.9 Å². The number of nitrogen functional groups attached to an aromatic ring is 1. The summed E-state index contributed by atoms with van der Waals surface area (Å²) in [7, 11) is 3.16. The van der Waals surface area contributed by atoms with E-state index in [2.05, 4.69) is 19.9 Å². The van der Waals surface area contributed by atoms with E-state index in [0.29, 0.717) is 40.2 Å². The van der Waals surface area contributed by atoms with E-state index in [1.807, 2.05) is 17.7 Å². The highest BCUT2D eigenvalue weighted by Crippen LogP contribution is 2.35. The van der Waals surface area contributed by atoms with Crippen molar-refractivity contribution in [2.24, 2.45) is 5.92 Å². The molecule has 1 aromatic carbocycles. The number of nitrogens with one attached hydrogen (secondary N) is 1. The highest BCUT2D eigenvalue weighted by Gasteiger charge is 2.23. The van der Waals surface area contributed by atoms with Gasteiger partial charge in [-0.1, -0.05) is 0 Å². The number of ether oxygens (including phenoxy) is 2. The SMILES string of the molecule is COc1cc2[nH]c(N3CCC(CCn4ccnc4N)CC3)nc(=O)c2c(C)c1OC. The zero-order chi connectivity index (χ0) is 21.3. The smallest absolute Gasteiger partial charge is 0.282 e. The number of rotatable bonds is 6. The van der Waals surface area contributed by atoms with Gasteiger partial charge in [0.05, 0.1) is 25.1 Å². The average Bonchev–Trinajstić information content (AvgIpc) is 3.16. The van der Waals surface area contributed by atoms with Crippen LogP contribution in [0.5, 0.6) is 11.5 Å². The minimum atomic E-state index is -0.255. The summed E-state index contributed by atoms with van der Waals surface area (Å²) in [5.74, 6) is 2.93. The Morgan fingerprint density at radius 1 is 1.27 bits per heavy atom. The number of benzene rings is 1. The number of anilines is 2. The van der Waals surface area contributed by atoms with Crippen molar-refractivity contribution >= 4 is 22.8 Å².